The quantitative estimate of drug-likeness (QED) is 0.620. The zero-order chi connectivity index (χ0) is 22.2. The highest BCUT2D eigenvalue weighted by Gasteiger charge is 2.33. The van der Waals surface area contributed by atoms with Crippen molar-refractivity contribution in [3.05, 3.63) is 46.4 Å². The minimum atomic E-state index is -3.70. The van der Waals surface area contributed by atoms with Crippen LogP contribution in [0.25, 0.3) is 0 Å². The Labute approximate surface area is 191 Å². The predicted molar refractivity (Wildman–Crippen MR) is 124 cm³/mol. The third-order valence-corrected chi connectivity index (χ3v) is 8.77. The van der Waals surface area contributed by atoms with E-state index in [2.05, 4.69) is 20.8 Å². The van der Waals surface area contributed by atoms with Gasteiger partial charge in [0.05, 0.1) is 17.7 Å². The largest absolute Gasteiger partial charge is 0.495 e. The first-order valence-electron chi connectivity index (χ1n) is 10.4. The van der Waals surface area contributed by atoms with Gasteiger partial charge < -0.3 is 14.5 Å². The molecule has 0 bridgehead atoms. The minimum absolute atomic E-state index is 0.00911. The molecule has 0 N–H and O–H groups in total. The fourth-order valence-corrected chi connectivity index (χ4v) is 6.73. The van der Waals surface area contributed by atoms with E-state index >= 15 is 0 Å². The number of amides is 1. The van der Waals surface area contributed by atoms with Gasteiger partial charge in [-0.1, -0.05) is 19.1 Å². The zero-order valence-electron chi connectivity index (χ0n) is 17.7. The minimum Gasteiger partial charge on any atom is -0.495 e. The van der Waals surface area contributed by atoms with Gasteiger partial charge in [0.1, 0.15) is 5.75 Å². The molecule has 0 saturated carbocycles. The number of methoxy groups -OCH3 is 1. The lowest BCUT2D eigenvalue weighted by Crippen LogP contribution is -2.48. The van der Waals surface area contributed by atoms with E-state index in [1.165, 1.54) is 4.31 Å². The van der Waals surface area contributed by atoms with Gasteiger partial charge in [0.2, 0.25) is 15.9 Å². The van der Waals surface area contributed by atoms with Gasteiger partial charge in [0, 0.05) is 49.3 Å². The number of hydrogen-bond acceptors (Lipinski definition) is 5. The van der Waals surface area contributed by atoms with Crippen molar-refractivity contribution in [3.8, 4) is 5.75 Å². The Balaban J connectivity index is 1.57. The Kier molecular flexibility index (Phi) is 6.27. The molecule has 7 nitrogen and oxygen atoms in total. The molecule has 1 amide bonds. The second-order valence-electron chi connectivity index (χ2n) is 7.62. The molecule has 4 rings (SSSR count). The number of ether oxygens (including phenoxy) is 1. The van der Waals surface area contributed by atoms with Crippen LogP contribution < -0.4 is 14.5 Å². The smallest absolute Gasteiger partial charge is 0.244 e. The summed E-state index contributed by atoms with van der Waals surface area (Å²) in [5.41, 5.74) is 2.67. The molecule has 2 heterocycles. The molecule has 9 heteroatoms. The first-order valence-corrected chi connectivity index (χ1v) is 12.6. The molecule has 0 radical (unpaired) electrons. The van der Waals surface area contributed by atoms with Crippen LogP contribution in [0.2, 0.25) is 0 Å². The molecule has 1 fully saturated rings. The number of piperazine rings is 1. The number of rotatable bonds is 5. The summed E-state index contributed by atoms with van der Waals surface area (Å²) in [5, 5.41) is 0. The topological polar surface area (TPSA) is 70.2 Å². The van der Waals surface area contributed by atoms with Crippen LogP contribution in [0.5, 0.6) is 5.75 Å². The third-order valence-electron chi connectivity index (χ3n) is 5.91. The van der Waals surface area contributed by atoms with Gasteiger partial charge in [-0.05, 0) is 52.2 Å². The number of hydrogen-bond donors (Lipinski definition) is 0. The molecule has 0 aromatic heterocycles. The monoisotopic (exact) mass is 507 g/mol. The van der Waals surface area contributed by atoms with Crippen molar-refractivity contribution in [2.45, 2.75) is 24.7 Å². The number of para-hydroxylation sites is 2. The van der Waals surface area contributed by atoms with Gasteiger partial charge in [-0.2, -0.15) is 4.31 Å². The number of carbonyl (C=O) groups is 1. The van der Waals surface area contributed by atoms with Crippen molar-refractivity contribution in [3.63, 3.8) is 0 Å². The molecule has 2 aliphatic rings. The SMILES string of the molecule is CCC(=O)N1CCc2cc(Br)c(S(=O)(=O)N3CCN(c4ccccc4OC)CC3)cc21. The number of nitrogens with zero attached hydrogens (tertiary/aromatic N) is 3. The molecular weight excluding hydrogens is 482 g/mol. The molecule has 0 spiro atoms. The fraction of sp³-hybridized carbons (Fsp3) is 0.409. The van der Waals surface area contributed by atoms with Crippen molar-refractivity contribution >= 4 is 43.2 Å². The molecule has 0 unspecified atom stereocenters. The number of benzene rings is 2. The first-order chi connectivity index (χ1) is 14.9. The molecular formula is C22H26BrN3O4S. The molecule has 0 aliphatic carbocycles. The van der Waals surface area contributed by atoms with Gasteiger partial charge in [0.15, 0.2) is 0 Å². The van der Waals surface area contributed by atoms with Gasteiger partial charge in [-0.25, -0.2) is 8.42 Å². The molecule has 2 aromatic carbocycles. The van der Waals surface area contributed by atoms with Crippen molar-refractivity contribution in [2.24, 2.45) is 0 Å². The number of sulfonamides is 1. The summed E-state index contributed by atoms with van der Waals surface area (Å²) < 4.78 is 34.5. The van der Waals surface area contributed by atoms with E-state index in [4.69, 9.17) is 4.74 Å². The van der Waals surface area contributed by atoms with Crippen molar-refractivity contribution < 1.29 is 17.9 Å². The highest BCUT2D eigenvalue weighted by molar-refractivity contribution is 9.10. The van der Waals surface area contributed by atoms with Crippen LogP contribution in [0.3, 0.4) is 0 Å². The molecule has 1 saturated heterocycles. The standard InChI is InChI=1S/C22H26BrN3O4S/c1-3-22(27)26-9-8-16-14-17(23)21(15-19(16)26)31(28,29)25-12-10-24(11-13-25)18-6-4-5-7-20(18)30-2/h4-7,14-15H,3,8-13H2,1-2H3. The lowest BCUT2D eigenvalue weighted by Gasteiger charge is -2.36. The van der Waals surface area contributed by atoms with Gasteiger partial charge in [-0.15, -0.1) is 0 Å². The Morgan fingerprint density at radius 3 is 2.45 bits per heavy atom. The van der Waals surface area contributed by atoms with Crippen molar-refractivity contribution in [2.75, 3.05) is 49.6 Å². The Hall–Kier alpha value is -2.10. The lowest BCUT2D eigenvalue weighted by molar-refractivity contribution is -0.118. The summed E-state index contributed by atoms with van der Waals surface area (Å²) in [6.45, 7) is 4.31. The predicted octanol–water partition coefficient (Wildman–Crippen LogP) is 3.27. The third kappa shape index (κ3) is 4.06. The van der Waals surface area contributed by atoms with Crippen molar-refractivity contribution in [1.29, 1.82) is 0 Å². The second kappa shape index (κ2) is 8.80. The van der Waals surface area contributed by atoms with Gasteiger partial charge in [0.25, 0.3) is 0 Å². The van der Waals surface area contributed by atoms with Crippen LogP contribution in [0.4, 0.5) is 11.4 Å². The van der Waals surface area contributed by atoms with Crippen LogP contribution in [0.15, 0.2) is 45.8 Å². The molecule has 31 heavy (non-hydrogen) atoms. The summed E-state index contributed by atoms with van der Waals surface area (Å²) in [6.07, 6.45) is 1.13. The van der Waals surface area contributed by atoms with E-state index in [9.17, 15) is 13.2 Å². The maximum Gasteiger partial charge on any atom is 0.244 e. The number of fused-ring (bicyclic) bond motifs is 1. The van der Waals surface area contributed by atoms with Crippen LogP contribution in [0, 0.1) is 0 Å². The van der Waals surface area contributed by atoms with E-state index < -0.39 is 10.0 Å². The molecule has 166 valence electrons. The summed E-state index contributed by atoms with van der Waals surface area (Å²) in [5.74, 6) is 0.788. The summed E-state index contributed by atoms with van der Waals surface area (Å²) in [7, 11) is -2.06. The van der Waals surface area contributed by atoms with E-state index in [0.717, 1.165) is 23.4 Å². The maximum absolute atomic E-state index is 13.5. The maximum atomic E-state index is 13.5. The number of carbonyl (C=O) groups excluding carboxylic acids is 1. The number of halogens is 1. The molecule has 2 aromatic rings. The Morgan fingerprint density at radius 2 is 1.77 bits per heavy atom. The van der Waals surface area contributed by atoms with Crippen LogP contribution in [0.1, 0.15) is 18.9 Å². The van der Waals surface area contributed by atoms with Gasteiger partial charge in [-0.3, -0.25) is 4.79 Å². The normalized spacial score (nSPS) is 17.0. The summed E-state index contributed by atoms with van der Waals surface area (Å²) in [4.78, 5) is 16.3. The summed E-state index contributed by atoms with van der Waals surface area (Å²) in [6, 6.07) is 11.3. The molecule has 0 atom stereocenters. The fourth-order valence-electron chi connectivity index (χ4n) is 4.24. The van der Waals surface area contributed by atoms with Crippen LogP contribution >= 0.6 is 15.9 Å². The van der Waals surface area contributed by atoms with Crippen LogP contribution in [-0.2, 0) is 21.2 Å². The number of anilines is 2. The second-order valence-corrected chi connectivity index (χ2v) is 10.4. The van der Waals surface area contributed by atoms with E-state index in [0.29, 0.717) is 49.3 Å². The van der Waals surface area contributed by atoms with Gasteiger partial charge >= 0.3 is 0 Å². The Morgan fingerprint density at radius 1 is 1.06 bits per heavy atom. The average molecular weight is 508 g/mol. The van der Waals surface area contributed by atoms with E-state index in [1.54, 1.807) is 18.1 Å². The highest BCUT2D eigenvalue weighted by atomic mass is 79.9. The van der Waals surface area contributed by atoms with E-state index in [1.807, 2.05) is 37.3 Å². The Bertz CT molecular complexity index is 1100. The zero-order valence-corrected chi connectivity index (χ0v) is 20.1. The first kappa shape index (κ1) is 22.1. The summed E-state index contributed by atoms with van der Waals surface area (Å²) >= 11 is 3.46. The average Bonchev–Trinajstić information content (AvgIpc) is 3.20. The van der Waals surface area contributed by atoms with E-state index in [-0.39, 0.29) is 10.8 Å². The van der Waals surface area contributed by atoms with Crippen LogP contribution in [-0.4, -0.2) is 58.5 Å². The van der Waals surface area contributed by atoms with Crippen molar-refractivity contribution in [1.82, 2.24) is 4.31 Å². The highest BCUT2D eigenvalue weighted by Crippen LogP contribution is 2.37. The lowest BCUT2D eigenvalue weighted by atomic mass is 10.2. The molecule has 2 aliphatic heterocycles.